The van der Waals surface area contributed by atoms with Crippen molar-refractivity contribution >= 4 is 11.6 Å². The fraction of sp³-hybridized carbons (Fsp3) is 0.600. The minimum atomic E-state index is 0.255. The first kappa shape index (κ1) is 16.3. The number of aromatic hydroxyl groups is 1. The van der Waals surface area contributed by atoms with E-state index in [-0.39, 0.29) is 5.75 Å². The topological polar surface area (TPSA) is 35.5 Å². The maximum Gasteiger partial charge on any atom is 0.121 e. The molecular weight excluding hydrogens is 260 g/mol. The molecule has 108 valence electrons. The van der Waals surface area contributed by atoms with Gasteiger partial charge in [0.25, 0.3) is 0 Å². The number of benzene rings is 1. The number of rotatable bonds is 7. The molecule has 0 aliphatic carbocycles. The third kappa shape index (κ3) is 5.39. The molecule has 0 radical (unpaired) electrons. The van der Waals surface area contributed by atoms with Crippen LogP contribution in [0, 0.1) is 5.92 Å². The normalized spacial score (nSPS) is 13.2. The fourth-order valence-electron chi connectivity index (χ4n) is 2.11. The lowest BCUT2D eigenvalue weighted by Crippen LogP contribution is -2.38. The summed E-state index contributed by atoms with van der Waals surface area (Å²) in [6, 6.07) is 5.71. The second-order valence-corrected chi connectivity index (χ2v) is 6.02. The summed E-state index contributed by atoms with van der Waals surface area (Å²) in [5.41, 5.74) is 0.770. The van der Waals surface area contributed by atoms with Crippen LogP contribution in [0.3, 0.4) is 0 Å². The van der Waals surface area contributed by atoms with E-state index < -0.39 is 0 Å². The summed E-state index contributed by atoms with van der Waals surface area (Å²) in [6.45, 7) is 5.94. The lowest BCUT2D eigenvalue weighted by atomic mass is 10.0. The third-order valence-electron chi connectivity index (χ3n) is 3.25. The average molecular weight is 285 g/mol. The molecular formula is C15H25ClN2O. The van der Waals surface area contributed by atoms with Crippen LogP contribution in [0.1, 0.15) is 25.8 Å². The van der Waals surface area contributed by atoms with Crippen molar-refractivity contribution in [3.8, 4) is 5.75 Å². The zero-order chi connectivity index (χ0) is 14.4. The third-order valence-corrected chi connectivity index (χ3v) is 3.60. The van der Waals surface area contributed by atoms with E-state index in [1.54, 1.807) is 18.2 Å². The highest BCUT2D eigenvalue weighted by molar-refractivity contribution is 6.31. The molecule has 0 bridgehead atoms. The molecule has 0 aliphatic heterocycles. The van der Waals surface area contributed by atoms with Crippen LogP contribution in [0.15, 0.2) is 18.2 Å². The van der Waals surface area contributed by atoms with Crippen molar-refractivity contribution in [3.63, 3.8) is 0 Å². The molecule has 0 aliphatic rings. The minimum Gasteiger partial charge on any atom is -0.508 e. The first-order valence-electron chi connectivity index (χ1n) is 6.75. The molecule has 0 aromatic heterocycles. The van der Waals surface area contributed by atoms with Gasteiger partial charge in [0.15, 0.2) is 0 Å². The summed E-state index contributed by atoms with van der Waals surface area (Å²) in [5.74, 6) is 0.924. The predicted octanol–water partition coefficient (Wildman–Crippen LogP) is 3.11. The zero-order valence-electron chi connectivity index (χ0n) is 12.3. The lowest BCUT2D eigenvalue weighted by molar-refractivity contribution is 0.246. The Hall–Kier alpha value is -0.770. The van der Waals surface area contributed by atoms with Gasteiger partial charge in [-0.25, -0.2) is 0 Å². The second-order valence-electron chi connectivity index (χ2n) is 5.62. The first-order valence-corrected chi connectivity index (χ1v) is 7.13. The van der Waals surface area contributed by atoms with Crippen molar-refractivity contribution < 1.29 is 5.11 Å². The molecule has 0 saturated heterocycles. The molecule has 0 amide bonds. The van der Waals surface area contributed by atoms with E-state index in [1.807, 2.05) is 0 Å². The van der Waals surface area contributed by atoms with E-state index >= 15 is 0 Å². The van der Waals surface area contributed by atoms with Crippen molar-refractivity contribution in [2.24, 2.45) is 5.92 Å². The number of hydrogen-bond donors (Lipinski definition) is 2. The molecule has 1 aromatic carbocycles. The average Bonchev–Trinajstić information content (AvgIpc) is 2.30. The molecule has 19 heavy (non-hydrogen) atoms. The van der Waals surface area contributed by atoms with Gasteiger partial charge in [0, 0.05) is 29.7 Å². The number of phenolic OH excluding ortho intramolecular Hbond substituents is 1. The predicted molar refractivity (Wildman–Crippen MR) is 81.8 cm³/mol. The molecule has 0 fully saturated rings. The first-order chi connectivity index (χ1) is 8.91. The van der Waals surface area contributed by atoms with E-state index in [1.165, 1.54) is 0 Å². The number of halogens is 1. The number of hydrogen-bond acceptors (Lipinski definition) is 3. The summed E-state index contributed by atoms with van der Waals surface area (Å²) < 4.78 is 0. The second kappa shape index (κ2) is 7.73. The van der Waals surface area contributed by atoms with E-state index in [2.05, 4.69) is 38.2 Å². The maximum absolute atomic E-state index is 9.78. The maximum atomic E-state index is 9.78. The van der Waals surface area contributed by atoms with Crippen molar-refractivity contribution in [3.05, 3.63) is 28.8 Å². The standard InChI is InChI=1S/C15H25ClN2O/c1-11(2)8-12(18(3)4)9-17-10-13-14(16)6-5-7-15(13)19/h5-7,11-12,17,19H,8-10H2,1-4H3. The number of nitrogens with one attached hydrogen (secondary N) is 1. The fourth-order valence-corrected chi connectivity index (χ4v) is 2.34. The van der Waals surface area contributed by atoms with E-state index in [0.717, 1.165) is 18.5 Å². The van der Waals surface area contributed by atoms with Crippen LogP contribution in [0.5, 0.6) is 5.75 Å². The van der Waals surface area contributed by atoms with Crippen molar-refractivity contribution in [2.45, 2.75) is 32.9 Å². The SMILES string of the molecule is CC(C)CC(CNCc1c(O)cccc1Cl)N(C)C. The highest BCUT2D eigenvalue weighted by Gasteiger charge is 2.13. The van der Waals surface area contributed by atoms with E-state index in [4.69, 9.17) is 11.6 Å². The van der Waals surface area contributed by atoms with Gasteiger partial charge in [0.2, 0.25) is 0 Å². The Labute approximate surface area is 121 Å². The van der Waals surface area contributed by atoms with Crippen molar-refractivity contribution in [1.82, 2.24) is 10.2 Å². The van der Waals surface area contributed by atoms with E-state index in [0.29, 0.717) is 23.5 Å². The van der Waals surface area contributed by atoms with Gasteiger partial charge in [-0.1, -0.05) is 31.5 Å². The van der Waals surface area contributed by atoms with Gasteiger partial charge in [0.05, 0.1) is 0 Å². The monoisotopic (exact) mass is 284 g/mol. The largest absolute Gasteiger partial charge is 0.508 e. The zero-order valence-corrected chi connectivity index (χ0v) is 13.0. The van der Waals surface area contributed by atoms with Gasteiger partial charge in [-0.3, -0.25) is 0 Å². The van der Waals surface area contributed by atoms with E-state index in [9.17, 15) is 5.11 Å². The quantitative estimate of drug-likeness (QED) is 0.808. The Bertz CT molecular complexity index is 373. The van der Waals surface area contributed by atoms with Gasteiger partial charge < -0.3 is 15.3 Å². The highest BCUT2D eigenvalue weighted by Crippen LogP contribution is 2.24. The van der Waals surface area contributed by atoms with Crippen LogP contribution >= 0.6 is 11.6 Å². The molecule has 2 N–H and O–H groups in total. The number of phenols is 1. The van der Waals surface area contributed by atoms with Crippen LogP contribution < -0.4 is 5.32 Å². The van der Waals surface area contributed by atoms with Gasteiger partial charge in [-0.2, -0.15) is 0 Å². The molecule has 1 rings (SSSR count). The van der Waals surface area contributed by atoms with Gasteiger partial charge >= 0.3 is 0 Å². The Morgan fingerprint density at radius 2 is 2.00 bits per heavy atom. The van der Waals surface area contributed by atoms with Crippen LogP contribution in [-0.2, 0) is 6.54 Å². The summed E-state index contributed by atoms with van der Waals surface area (Å²) in [6.07, 6.45) is 1.15. The Morgan fingerprint density at radius 3 is 2.53 bits per heavy atom. The lowest BCUT2D eigenvalue weighted by Gasteiger charge is -2.26. The van der Waals surface area contributed by atoms with Gasteiger partial charge in [-0.15, -0.1) is 0 Å². The molecule has 0 heterocycles. The van der Waals surface area contributed by atoms with Gasteiger partial charge in [0.1, 0.15) is 5.75 Å². The molecule has 1 unspecified atom stereocenters. The minimum absolute atomic E-state index is 0.255. The number of likely N-dealkylation sites (N-methyl/N-ethyl adjacent to an activating group) is 1. The van der Waals surface area contributed by atoms with Gasteiger partial charge in [-0.05, 0) is 38.6 Å². The number of nitrogens with zero attached hydrogens (tertiary/aromatic N) is 1. The van der Waals surface area contributed by atoms with Crippen LogP contribution in [0.25, 0.3) is 0 Å². The Balaban J connectivity index is 2.52. The summed E-state index contributed by atoms with van der Waals surface area (Å²) in [7, 11) is 4.20. The highest BCUT2D eigenvalue weighted by atomic mass is 35.5. The molecule has 0 saturated carbocycles. The van der Waals surface area contributed by atoms with Crippen molar-refractivity contribution in [2.75, 3.05) is 20.6 Å². The molecule has 1 atom stereocenters. The molecule has 4 heteroatoms. The molecule has 0 spiro atoms. The Morgan fingerprint density at radius 1 is 1.32 bits per heavy atom. The summed E-state index contributed by atoms with van der Waals surface area (Å²) in [4.78, 5) is 2.24. The smallest absolute Gasteiger partial charge is 0.121 e. The summed E-state index contributed by atoms with van der Waals surface area (Å²) in [5, 5.41) is 13.8. The summed E-state index contributed by atoms with van der Waals surface area (Å²) >= 11 is 6.08. The van der Waals surface area contributed by atoms with Crippen LogP contribution in [0.2, 0.25) is 5.02 Å². The molecule has 1 aromatic rings. The van der Waals surface area contributed by atoms with Crippen LogP contribution in [0.4, 0.5) is 0 Å². The van der Waals surface area contributed by atoms with Crippen molar-refractivity contribution in [1.29, 1.82) is 0 Å². The molecule has 3 nitrogen and oxygen atoms in total. The Kier molecular flexibility index (Phi) is 6.63. The van der Waals surface area contributed by atoms with Crippen LogP contribution in [-0.4, -0.2) is 36.7 Å².